The standard InChI is InChI=1S/C13H23N3O/c1-10(2)6-4-8-12(16-14)11-7-5-9-15-13(11)17-3/h5,7,9-10,12,16H,4,6,8,14H2,1-3H3. The second-order valence-electron chi connectivity index (χ2n) is 4.65. The first kappa shape index (κ1) is 13.9. The van der Waals surface area contributed by atoms with Crippen molar-refractivity contribution in [3.8, 4) is 5.88 Å². The van der Waals surface area contributed by atoms with Crippen molar-refractivity contribution in [2.24, 2.45) is 11.8 Å². The third-order valence-electron chi connectivity index (χ3n) is 2.84. The van der Waals surface area contributed by atoms with Crippen LogP contribution < -0.4 is 16.0 Å². The molecule has 0 amide bonds. The number of nitrogens with two attached hydrogens (primary N) is 1. The maximum Gasteiger partial charge on any atom is 0.217 e. The van der Waals surface area contributed by atoms with Crippen LogP contribution in [0.5, 0.6) is 5.88 Å². The molecule has 1 rings (SSSR count). The first-order chi connectivity index (χ1) is 8.19. The van der Waals surface area contributed by atoms with Crippen LogP contribution in [-0.2, 0) is 0 Å². The minimum Gasteiger partial charge on any atom is -0.481 e. The summed E-state index contributed by atoms with van der Waals surface area (Å²) in [6.07, 6.45) is 5.08. The van der Waals surface area contributed by atoms with E-state index in [0.717, 1.165) is 24.3 Å². The molecule has 3 N–H and O–H groups in total. The number of hydrazine groups is 1. The molecule has 1 atom stereocenters. The van der Waals surface area contributed by atoms with Crippen LogP contribution >= 0.6 is 0 Å². The van der Waals surface area contributed by atoms with E-state index in [1.807, 2.05) is 12.1 Å². The van der Waals surface area contributed by atoms with Crippen LogP contribution in [0.1, 0.15) is 44.7 Å². The normalized spacial score (nSPS) is 12.8. The number of methoxy groups -OCH3 is 1. The molecule has 1 aromatic rings. The lowest BCUT2D eigenvalue weighted by atomic mass is 9.99. The summed E-state index contributed by atoms with van der Waals surface area (Å²) in [5.41, 5.74) is 3.88. The summed E-state index contributed by atoms with van der Waals surface area (Å²) in [5.74, 6) is 6.99. The number of nitrogens with zero attached hydrogens (tertiary/aromatic N) is 1. The Balaban J connectivity index is 2.65. The zero-order chi connectivity index (χ0) is 12.7. The van der Waals surface area contributed by atoms with Crippen molar-refractivity contribution in [3.05, 3.63) is 23.9 Å². The minimum absolute atomic E-state index is 0.109. The van der Waals surface area contributed by atoms with Crippen LogP contribution in [0.25, 0.3) is 0 Å². The van der Waals surface area contributed by atoms with Gasteiger partial charge in [-0.25, -0.2) is 4.98 Å². The number of aromatic nitrogens is 1. The molecule has 0 radical (unpaired) electrons. The largest absolute Gasteiger partial charge is 0.481 e. The van der Waals surface area contributed by atoms with Gasteiger partial charge in [-0.2, -0.15) is 0 Å². The van der Waals surface area contributed by atoms with Gasteiger partial charge in [-0.3, -0.25) is 11.3 Å². The van der Waals surface area contributed by atoms with Gasteiger partial charge in [0.05, 0.1) is 13.2 Å². The van der Waals surface area contributed by atoms with Crippen LogP contribution in [-0.4, -0.2) is 12.1 Å². The molecule has 0 fully saturated rings. The Morgan fingerprint density at radius 2 is 2.18 bits per heavy atom. The van der Waals surface area contributed by atoms with Crippen molar-refractivity contribution < 1.29 is 4.74 Å². The zero-order valence-corrected chi connectivity index (χ0v) is 10.9. The molecule has 0 aromatic carbocycles. The van der Waals surface area contributed by atoms with Crippen LogP contribution in [0.2, 0.25) is 0 Å². The van der Waals surface area contributed by atoms with Crippen molar-refractivity contribution in [3.63, 3.8) is 0 Å². The lowest BCUT2D eigenvalue weighted by Crippen LogP contribution is -2.28. The SMILES string of the molecule is COc1ncccc1C(CCCC(C)C)NN. The van der Waals surface area contributed by atoms with E-state index in [2.05, 4.69) is 24.3 Å². The number of nitrogens with one attached hydrogen (secondary N) is 1. The van der Waals surface area contributed by atoms with Gasteiger partial charge in [0.2, 0.25) is 5.88 Å². The van der Waals surface area contributed by atoms with Crippen molar-refractivity contribution in [1.29, 1.82) is 0 Å². The van der Waals surface area contributed by atoms with E-state index in [9.17, 15) is 0 Å². The molecule has 4 nitrogen and oxygen atoms in total. The number of rotatable bonds is 7. The summed E-state index contributed by atoms with van der Waals surface area (Å²) in [5, 5.41) is 0. The monoisotopic (exact) mass is 237 g/mol. The van der Waals surface area contributed by atoms with Gasteiger partial charge in [0, 0.05) is 11.8 Å². The molecule has 0 aliphatic carbocycles. The average molecular weight is 237 g/mol. The summed E-state index contributed by atoms with van der Waals surface area (Å²) in [6, 6.07) is 4.02. The quantitative estimate of drug-likeness (QED) is 0.565. The van der Waals surface area contributed by atoms with Gasteiger partial charge in [0.1, 0.15) is 0 Å². The van der Waals surface area contributed by atoms with Gasteiger partial charge >= 0.3 is 0 Å². The van der Waals surface area contributed by atoms with E-state index >= 15 is 0 Å². The summed E-state index contributed by atoms with van der Waals surface area (Å²) in [4.78, 5) is 4.19. The van der Waals surface area contributed by atoms with Gasteiger partial charge in [0.15, 0.2) is 0 Å². The smallest absolute Gasteiger partial charge is 0.217 e. The van der Waals surface area contributed by atoms with Gasteiger partial charge in [-0.05, 0) is 18.4 Å². The maximum absolute atomic E-state index is 5.61. The van der Waals surface area contributed by atoms with E-state index in [4.69, 9.17) is 10.6 Å². The second kappa shape index (κ2) is 7.25. The molecule has 0 saturated heterocycles. The molecule has 0 aliphatic rings. The maximum atomic E-state index is 5.61. The zero-order valence-electron chi connectivity index (χ0n) is 10.9. The summed E-state index contributed by atoms with van der Waals surface area (Å²) >= 11 is 0. The molecule has 17 heavy (non-hydrogen) atoms. The molecule has 0 saturated carbocycles. The first-order valence-electron chi connectivity index (χ1n) is 6.14. The Morgan fingerprint density at radius 1 is 1.41 bits per heavy atom. The van der Waals surface area contributed by atoms with E-state index in [-0.39, 0.29) is 6.04 Å². The van der Waals surface area contributed by atoms with Crippen molar-refractivity contribution in [2.75, 3.05) is 7.11 Å². The highest BCUT2D eigenvalue weighted by Crippen LogP contribution is 2.26. The number of pyridine rings is 1. The molecule has 96 valence electrons. The van der Waals surface area contributed by atoms with Crippen molar-refractivity contribution in [2.45, 2.75) is 39.2 Å². The highest BCUT2D eigenvalue weighted by Gasteiger charge is 2.15. The fourth-order valence-electron chi connectivity index (χ4n) is 1.90. The topological polar surface area (TPSA) is 60.2 Å². The molecule has 1 aromatic heterocycles. The lowest BCUT2D eigenvalue weighted by Gasteiger charge is -2.18. The van der Waals surface area contributed by atoms with Gasteiger partial charge in [-0.1, -0.05) is 32.8 Å². The third kappa shape index (κ3) is 4.32. The second-order valence-corrected chi connectivity index (χ2v) is 4.65. The van der Waals surface area contributed by atoms with Crippen LogP contribution in [0.15, 0.2) is 18.3 Å². The van der Waals surface area contributed by atoms with Gasteiger partial charge in [0.25, 0.3) is 0 Å². The van der Waals surface area contributed by atoms with Crippen LogP contribution in [0.3, 0.4) is 0 Å². The van der Waals surface area contributed by atoms with E-state index in [1.54, 1.807) is 13.3 Å². The number of hydrogen-bond donors (Lipinski definition) is 2. The Hall–Kier alpha value is -1.13. The number of ether oxygens (including phenoxy) is 1. The third-order valence-corrected chi connectivity index (χ3v) is 2.84. The van der Waals surface area contributed by atoms with Crippen molar-refractivity contribution >= 4 is 0 Å². The molecule has 0 aliphatic heterocycles. The van der Waals surface area contributed by atoms with E-state index in [0.29, 0.717) is 5.88 Å². The Morgan fingerprint density at radius 3 is 2.76 bits per heavy atom. The van der Waals surface area contributed by atoms with Crippen LogP contribution in [0.4, 0.5) is 0 Å². The Bertz CT molecular complexity index is 328. The fraction of sp³-hybridized carbons (Fsp3) is 0.615. The fourth-order valence-corrected chi connectivity index (χ4v) is 1.90. The van der Waals surface area contributed by atoms with Crippen molar-refractivity contribution in [1.82, 2.24) is 10.4 Å². The predicted octanol–water partition coefficient (Wildman–Crippen LogP) is 2.42. The molecule has 1 unspecified atom stereocenters. The first-order valence-corrected chi connectivity index (χ1v) is 6.14. The van der Waals surface area contributed by atoms with E-state index < -0.39 is 0 Å². The van der Waals surface area contributed by atoms with E-state index in [1.165, 1.54) is 6.42 Å². The summed E-state index contributed by atoms with van der Waals surface area (Å²) in [6.45, 7) is 4.46. The molecule has 0 spiro atoms. The van der Waals surface area contributed by atoms with Crippen LogP contribution in [0, 0.1) is 5.92 Å². The predicted molar refractivity (Wildman–Crippen MR) is 69.5 cm³/mol. The lowest BCUT2D eigenvalue weighted by molar-refractivity contribution is 0.375. The highest BCUT2D eigenvalue weighted by molar-refractivity contribution is 5.28. The molecule has 1 heterocycles. The Labute approximate surface area is 104 Å². The summed E-state index contributed by atoms with van der Waals surface area (Å²) < 4.78 is 5.25. The molecular formula is C13H23N3O. The average Bonchev–Trinajstić information content (AvgIpc) is 2.34. The minimum atomic E-state index is 0.109. The highest BCUT2D eigenvalue weighted by atomic mass is 16.5. The summed E-state index contributed by atoms with van der Waals surface area (Å²) in [7, 11) is 1.63. The molecule has 0 bridgehead atoms. The molecular weight excluding hydrogens is 214 g/mol. The van der Waals surface area contributed by atoms with Gasteiger partial charge < -0.3 is 4.74 Å². The Kier molecular flexibility index (Phi) is 5.94. The number of hydrogen-bond acceptors (Lipinski definition) is 4. The van der Waals surface area contributed by atoms with Gasteiger partial charge in [-0.15, -0.1) is 0 Å². The molecule has 4 heteroatoms.